The molecule has 0 spiro atoms. The summed E-state index contributed by atoms with van der Waals surface area (Å²) >= 11 is 0. The van der Waals surface area contributed by atoms with Gasteiger partial charge in [0.05, 0.1) is 29.7 Å². The number of fused-ring (bicyclic) bond motifs is 1. The van der Waals surface area contributed by atoms with Gasteiger partial charge in [-0.3, -0.25) is 19.8 Å². The molecule has 4 aromatic rings. The van der Waals surface area contributed by atoms with Gasteiger partial charge in [-0.25, -0.2) is 18.1 Å². The lowest BCUT2D eigenvalue weighted by Crippen LogP contribution is -2.50. The number of nitrogens with one attached hydrogen (secondary N) is 2. The second-order valence-electron chi connectivity index (χ2n) is 8.86. The van der Waals surface area contributed by atoms with E-state index in [9.17, 15) is 13.2 Å². The second kappa shape index (κ2) is 10.6. The van der Waals surface area contributed by atoms with Gasteiger partial charge in [0.1, 0.15) is 5.75 Å². The molecular formula is C25H27N7O4S. The van der Waals surface area contributed by atoms with Crippen molar-refractivity contribution in [2.75, 3.05) is 39.0 Å². The fraction of sp³-hybridized carbons (Fsp3) is 0.280. The number of carbonyl (C=O) groups is 1. The number of sulfonamides is 1. The predicted molar refractivity (Wildman–Crippen MR) is 138 cm³/mol. The Labute approximate surface area is 214 Å². The SMILES string of the molecule is CS(=O)(=O)NCC(=O)N1CCN(Cc2ccc3cc(Oc4ccc(-c5ccn[nH]5)cn4)ccc3n2)CC1. The number of piperazine rings is 1. The molecule has 0 aliphatic carbocycles. The first-order valence-corrected chi connectivity index (χ1v) is 13.7. The molecule has 0 bridgehead atoms. The number of H-pyrrole nitrogens is 1. The van der Waals surface area contributed by atoms with Crippen molar-refractivity contribution in [3.05, 3.63) is 66.6 Å². The van der Waals surface area contributed by atoms with Crippen LogP contribution in [0.25, 0.3) is 22.2 Å². The Morgan fingerprint density at radius 2 is 1.92 bits per heavy atom. The number of amides is 1. The molecule has 1 aromatic carbocycles. The highest BCUT2D eigenvalue weighted by Gasteiger charge is 2.22. The van der Waals surface area contributed by atoms with Crippen LogP contribution in [-0.4, -0.2) is 83.3 Å². The number of benzene rings is 1. The van der Waals surface area contributed by atoms with Crippen molar-refractivity contribution in [1.29, 1.82) is 0 Å². The van der Waals surface area contributed by atoms with Gasteiger partial charge in [-0.05, 0) is 36.4 Å². The van der Waals surface area contributed by atoms with E-state index in [-0.39, 0.29) is 12.5 Å². The lowest BCUT2D eigenvalue weighted by molar-refractivity contribution is -0.131. The topological polar surface area (TPSA) is 133 Å². The van der Waals surface area contributed by atoms with E-state index in [0.29, 0.717) is 44.4 Å². The normalized spacial score (nSPS) is 14.7. The fourth-order valence-electron chi connectivity index (χ4n) is 4.12. The Hall–Kier alpha value is -3.87. The smallest absolute Gasteiger partial charge is 0.237 e. The van der Waals surface area contributed by atoms with Crippen LogP contribution in [0.4, 0.5) is 0 Å². The molecule has 11 nitrogen and oxygen atoms in total. The van der Waals surface area contributed by atoms with E-state index < -0.39 is 10.0 Å². The number of ether oxygens (including phenoxy) is 1. The average molecular weight is 522 g/mol. The van der Waals surface area contributed by atoms with E-state index in [2.05, 4.69) is 24.8 Å². The van der Waals surface area contributed by atoms with Crippen LogP contribution in [0.2, 0.25) is 0 Å². The third-order valence-corrected chi connectivity index (χ3v) is 6.75. The second-order valence-corrected chi connectivity index (χ2v) is 10.7. The number of pyridine rings is 2. The highest BCUT2D eigenvalue weighted by molar-refractivity contribution is 7.88. The first-order chi connectivity index (χ1) is 17.8. The van der Waals surface area contributed by atoms with Crippen molar-refractivity contribution in [2.24, 2.45) is 0 Å². The Morgan fingerprint density at radius 3 is 2.62 bits per heavy atom. The third kappa shape index (κ3) is 6.47. The van der Waals surface area contributed by atoms with Crippen molar-refractivity contribution in [3.8, 4) is 22.9 Å². The third-order valence-electron chi connectivity index (χ3n) is 6.09. The zero-order valence-electron chi connectivity index (χ0n) is 20.3. The van der Waals surface area contributed by atoms with E-state index in [1.54, 1.807) is 17.3 Å². The summed E-state index contributed by atoms with van der Waals surface area (Å²) in [4.78, 5) is 25.3. The molecule has 1 saturated heterocycles. The number of nitrogens with zero attached hydrogens (tertiary/aromatic N) is 5. The Kier molecular flexibility index (Phi) is 7.12. The van der Waals surface area contributed by atoms with Crippen LogP contribution in [0.1, 0.15) is 5.69 Å². The van der Waals surface area contributed by atoms with Crippen molar-refractivity contribution in [1.82, 2.24) is 34.7 Å². The van der Waals surface area contributed by atoms with E-state index in [1.165, 1.54) is 0 Å². The minimum atomic E-state index is -3.39. The summed E-state index contributed by atoms with van der Waals surface area (Å²) in [5, 5.41) is 7.83. The van der Waals surface area contributed by atoms with Gasteiger partial charge >= 0.3 is 0 Å². The predicted octanol–water partition coefficient (Wildman–Crippen LogP) is 2.01. The van der Waals surface area contributed by atoms with Gasteiger partial charge in [-0.1, -0.05) is 6.07 Å². The molecule has 0 atom stereocenters. The number of hydrogen-bond donors (Lipinski definition) is 2. The fourth-order valence-corrected chi connectivity index (χ4v) is 4.51. The maximum Gasteiger partial charge on any atom is 0.237 e. The zero-order valence-corrected chi connectivity index (χ0v) is 21.1. The summed E-state index contributed by atoms with van der Waals surface area (Å²) in [5.74, 6) is 0.961. The molecule has 5 rings (SSSR count). The molecule has 12 heteroatoms. The average Bonchev–Trinajstić information content (AvgIpc) is 3.43. The van der Waals surface area contributed by atoms with Gasteiger partial charge in [0.25, 0.3) is 0 Å². The molecule has 3 aromatic heterocycles. The molecule has 2 N–H and O–H groups in total. The highest BCUT2D eigenvalue weighted by atomic mass is 32.2. The van der Waals surface area contributed by atoms with Crippen LogP contribution in [0.3, 0.4) is 0 Å². The number of hydrogen-bond acceptors (Lipinski definition) is 8. The minimum absolute atomic E-state index is 0.205. The standard InChI is InChI=1S/C25H27N7O4S/c1-37(34,35)28-16-25(33)32-12-10-31(11-13-32)17-20-4-2-18-14-21(5-6-22(18)29-20)36-24-7-3-19(15-26-24)23-8-9-27-30-23/h2-9,14-15,28H,10-13,16-17H2,1H3,(H,27,30). The molecule has 1 aliphatic rings. The molecular weight excluding hydrogens is 494 g/mol. The van der Waals surface area contributed by atoms with Crippen molar-refractivity contribution < 1.29 is 17.9 Å². The van der Waals surface area contributed by atoms with E-state index in [4.69, 9.17) is 9.72 Å². The Morgan fingerprint density at radius 1 is 1.08 bits per heavy atom. The number of rotatable bonds is 8. The van der Waals surface area contributed by atoms with Crippen molar-refractivity contribution in [3.63, 3.8) is 0 Å². The number of aromatic amines is 1. The Bertz CT molecular complexity index is 1480. The molecule has 1 fully saturated rings. The van der Waals surface area contributed by atoms with Crippen LogP contribution >= 0.6 is 0 Å². The number of carbonyl (C=O) groups excluding carboxylic acids is 1. The van der Waals surface area contributed by atoms with Gasteiger partial charge in [-0.15, -0.1) is 0 Å². The molecule has 0 radical (unpaired) electrons. The summed E-state index contributed by atoms with van der Waals surface area (Å²) in [6.45, 7) is 2.96. The van der Waals surface area contributed by atoms with Gasteiger partial charge in [0.2, 0.25) is 21.8 Å². The molecule has 0 saturated carbocycles. The molecule has 4 heterocycles. The molecule has 1 amide bonds. The largest absolute Gasteiger partial charge is 0.439 e. The molecule has 0 unspecified atom stereocenters. The highest BCUT2D eigenvalue weighted by Crippen LogP contribution is 2.26. The maximum atomic E-state index is 12.2. The summed E-state index contributed by atoms with van der Waals surface area (Å²) in [5.41, 5.74) is 3.63. The van der Waals surface area contributed by atoms with E-state index >= 15 is 0 Å². The van der Waals surface area contributed by atoms with Crippen LogP contribution in [-0.2, 0) is 21.4 Å². The van der Waals surface area contributed by atoms with Crippen LogP contribution in [0.15, 0.2) is 60.9 Å². The summed E-state index contributed by atoms with van der Waals surface area (Å²) in [6.07, 6.45) is 4.48. The molecule has 1 aliphatic heterocycles. The first-order valence-electron chi connectivity index (χ1n) is 11.8. The quantitative estimate of drug-likeness (QED) is 0.360. The van der Waals surface area contributed by atoms with E-state index in [1.807, 2.05) is 48.5 Å². The zero-order chi connectivity index (χ0) is 25.8. The first kappa shape index (κ1) is 24.8. The summed E-state index contributed by atoms with van der Waals surface area (Å²) < 4.78 is 30.6. The van der Waals surface area contributed by atoms with Gasteiger partial charge < -0.3 is 9.64 Å². The monoisotopic (exact) mass is 521 g/mol. The molecule has 37 heavy (non-hydrogen) atoms. The van der Waals surface area contributed by atoms with Gasteiger partial charge in [0, 0.05) is 62.1 Å². The summed E-state index contributed by atoms with van der Waals surface area (Å²) in [6, 6.07) is 15.4. The van der Waals surface area contributed by atoms with E-state index in [0.717, 1.165) is 34.1 Å². The lowest BCUT2D eigenvalue weighted by atomic mass is 10.2. The Balaban J connectivity index is 1.16. The van der Waals surface area contributed by atoms with Crippen LogP contribution < -0.4 is 9.46 Å². The van der Waals surface area contributed by atoms with Crippen molar-refractivity contribution >= 4 is 26.8 Å². The van der Waals surface area contributed by atoms with Crippen LogP contribution in [0, 0.1) is 0 Å². The van der Waals surface area contributed by atoms with Crippen molar-refractivity contribution in [2.45, 2.75) is 6.54 Å². The van der Waals surface area contributed by atoms with Gasteiger partial charge in [-0.2, -0.15) is 5.10 Å². The molecule has 192 valence electrons. The van der Waals surface area contributed by atoms with Gasteiger partial charge in [0.15, 0.2) is 0 Å². The minimum Gasteiger partial charge on any atom is -0.439 e. The number of aromatic nitrogens is 4. The van der Waals surface area contributed by atoms with Crippen LogP contribution in [0.5, 0.6) is 11.6 Å². The lowest BCUT2D eigenvalue weighted by Gasteiger charge is -2.34. The summed E-state index contributed by atoms with van der Waals surface area (Å²) in [7, 11) is -3.39. The maximum absolute atomic E-state index is 12.2.